The molecule has 0 fully saturated rings. The molecule has 2 nitrogen and oxygen atoms in total. The monoisotopic (exact) mass is 331 g/mol. The number of amides is 1. The SMILES string of the molecule is CCCCC(=O)Nc1cc(C)c(I)cc1C. The molecule has 0 aromatic heterocycles. The first kappa shape index (κ1) is 13.5. The third-order valence-electron chi connectivity index (χ3n) is 2.54. The highest BCUT2D eigenvalue weighted by Crippen LogP contribution is 2.22. The van der Waals surface area contributed by atoms with Crippen LogP contribution in [0, 0.1) is 17.4 Å². The smallest absolute Gasteiger partial charge is 0.224 e. The molecule has 0 unspecified atom stereocenters. The molecule has 0 aliphatic carbocycles. The van der Waals surface area contributed by atoms with Gasteiger partial charge in [-0.15, -0.1) is 0 Å². The molecular formula is C13H18INO. The molecule has 0 saturated carbocycles. The first-order chi connectivity index (χ1) is 7.54. The van der Waals surface area contributed by atoms with E-state index in [9.17, 15) is 4.79 Å². The van der Waals surface area contributed by atoms with E-state index in [0.29, 0.717) is 6.42 Å². The van der Waals surface area contributed by atoms with Crippen molar-refractivity contribution in [2.24, 2.45) is 0 Å². The van der Waals surface area contributed by atoms with E-state index in [4.69, 9.17) is 0 Å². The molecule has 1 N–H and O–H groups in total. The van der Waals surface area contributed by atoms with Crippen molar-refractivity contribution in [1.82, 2.24) is 0 Å². The van der Waals surface area contributed by atoms with Gasteiger partial charge in [0, 0.05) is 15.7 Å². The minimum atomic E-state index is 0.116. The van der Waals surface area contributed by atoms with Crippen LogP contribution in [-0.4, -0.2) is 5.91 Å². The molecule has 0 aliphatic rings. The summed E-state index contributed by atoms with van der Waals surface area (Å²) in [5.74, 6) is 0.116. The van der Waals surface area contributed by atoms with E-state index in [1.165, 1.54) is 9.13 Å². The van der Waals surface area contributed by atoms with Gasteiger partial charge in [0.15, 0.2) is 0 Å². The van der Waals surface area contributed by atoms with Gasteiger partial charge in [-0.05, 0) is 66.1 Å². The zero-order chi connectivity index (χ0) is 12.1. The summed E-state index contributed by atoms with van der Waals surface area (Å²) in [7, 11) is 0. The van der Waals surface area contributed by atoms with Crippen LogP contribution in [0.15, 0.2) is 12.1 Å². The van der Waals surface area contributed by atoms with Crippen LogP contribution in [0.3, 0.4) is 0 Å². The first-order valence-electron chi connectivity index (χ1n) is 5.61. The van der Waals surface area contributed by atoms with Gasteiger partial charge in [-0.2, -0.15) is 0 Å². The first-order valence-corrected chi connectivity index (χ1v) is 6.69. The summed E-state index contributed by atoms with van der Waals surface area (Å²) < 4.78 is 1.24. The Balaban J connectivity index is 2.73. The van der Waals surface area contributed by atoms with Crippen molar-refractivity contribution in [3.05, 3.63) is 26.8 Å². The van der Waals surface area contributed by atoms with Crippen molar-refractivity contribution in [2.75, 3.05) is 5.32 Å². The maximum atomic E-state index is 11.6. The summed E-state index contributed by atoms with van der Waals surface area (Å²) in [4.78, 5) is 11.6. The second-order valence-corrected chi connectivity index (χ2v) is 5.23. The molecule has 88 valence electrons. The Bertz CT molecular complexity index is 388. The molecule has 1 aromatic rings. The number of carbonyl (C=O) groups is 1. The number of anilines is 1. The normalized spacial score (nSPS) is 10.2. The van der Waals surface area contributed by atoms with Crippen LogP contribution in [0.2, 0.25) is 0 Å². The molecule has 1 aromatic carbocycles. The van der Waals surface area contributed by atoms with Crippen molar-refractivity contribution >= 4 is 34.2 Å². The predicted molar refractivity (Wildman–Crippen MR) is 76.8 cm³/mol. The van der Waals surface area contributed by atoms with E-state index in [0.717, 1.165) is 24.1 Å². The van der Waals surface area contributed by atoms with Crippen molar-refractivity contribution in [1.29, 1.82) is 0 Å². The number of benzene rings is 1. The average molecular weight is 331 g/mol. The zero-order valence-corrected chi connectivity index (χ0v) is 12.2. The Hall–Kier alpha value is -0.580. The number of nitrogens with one attached hydrogen (secondary N) is 1. The summed E-state index contributed by atoms with van der Waals surface area (Å²) in [6.45, 7) is 6.17. The zero-order valence-electron chi connectivity index (χ0n) is 10.1. The fraction of sp³-hybridized carbons (Fsp3) is 0.462. The second kappa shape index (κ2) is 6.23. The minimum Gasteiger partial charge on any atom is -0.326 e. The van der Waals surface area contributed by atoms with Gasteiger partial charge >= 0.3 is 0 Å². The van der Waals surface area contributed by atoms with Gasteiger partial charge in [-0.3, -0.25) is 4.79 Å². The fourth-order valence-electron chi connectivity index (χ4n) is 1.47. The number of aryl methyl sites for hydroxylation is 2. The molecule has 0 atom stereocenters. The van der Waals surface area contributed by atoms with Crippen LogP contribution in [0.4, 0.5) is 5.69 Å². The molecule has 0 aliphatic heterocycles. The Morgan fingerprint density at radius 3 is 2.62 bits per heavy atom. The van der Waals surface area contributed by atoms with E-state index < -0.39 is 0 Å². The standard InChI is InChI=1S/C13H18INO/c1-4-5-6-13(16)15-12-8-9(2)11(14)7-10(12)3/h7-8H,4-6H2,1-3H3,(H,15,16). The van der Waals surface area contributed by atoms with E-state index in [1.54, 1.807) is 0 Å². The van der Waals surface area contributed by atoms with Crippen LogP contribution in [-0.2, 0) is 4.79 Å². The molecule has 16 heavy (non-hydrogen) atoms. The minimum absolute atomic E-state index is 0.116. The van der Waals surface area contributed by atoms with Crippen molar-refractivity contribution in [3.8, 4) is 0 Å². The van der Waals surface area contributed by atoms with Crippen LogP contribution in [0.5, 0.6) is 0 Å². The maximum Gasteiger partial charge on any atom is 0.224 e. The van der Waals surface area contributed by atoms with Gasteiger partial charge < -0.3 is 5.32 Å². The summed E-state index contributed by atoms with van der Waals surface area (Å²) in [5, 5.41) is 2.97. The van der Waals surface area contributed by atoms with Gasteiger partial charge in [0.2, 0.25) is 5.91 Å². The topological polar surface area (TPSA) is 29.1 Å². The molecule has 0 radical (unpaired) electrons. The van der Waals surface area contributed by atoms with Crippen LogP contribution in [0.1, 0.15) is 37.3 Å². The van der Waals surface area contributed by atoms with Gasteiger partial charge in [0.1, 0.15) is 0 Å². The van der Waals surface area contributed by atoms with Crippen molar-refractivity contribution in [2.45, 2.75) is 40.0 Å². The number of unbranched alkanes of at least 4 members (excludes halogenated alkanes) is 1. The van der Waals surface area contributed by atoms with Crippen LogP contribution >= 0.6 is 22.6 Å². The van der Waals surface area contributed by atoms with Crippen LogP contribution in [0.25, 0.3) is 0 Å². The third kappa shape index (κ3) is 3.77. The van der Waals surface area contributed by atoms with Crippen LogP contribution < -0.4 is 5.32 Å². The highest BCUT2D eigenvalue weighted by atomic mass is 127. The van der Waals surface area contributed by atoms with Gasteiger partial charge in [-0.1, -0.05) is 13.3 Å². The van der Waals surface area contributed by atoms with Gasteiger partial charge in [0.05, 0.1) is 0 Å². The highest BCUT2D eigenvalue weighted by Gasteiger charge is 2.06. The van der Waals surface area contributed by atoms with Crippen molar-refractivity contribution < 1.29 is 4.79 Å². The number of halogens is 1. The largest absolute Gasteiger partial charge is 0.326 e. The Morgan fingerprint density at radius 2 is 2.00 bits per heavy atom. The molecular weight excluding hydrogens is 313 g/mol. The lowest BCUT2D eigenvalue weighted by Gasteiger charge is -2.10. The molecule has 0 spiro atoms. The molecule has 0 heterocycles. The Labute approximate surface area is 111 Å². The van der Waals surface area contributed by atoms with Gasteiger partial charge in [0.25, 0.3) is 0 Å². The number of hydrogen-bond donors (Lipinski definition) is 1. The van der Waals surface area contributed by atoms with E-state index in [2.05, 4.69) is 47.8 Å². The lowest BCUT2D eigenvalue weighted by Crippen LogP contribution is -2.12. The maximum absolute atomic E-state index is 11.6. The quantitative estimate of drug-likeness (QED) is 0.829. The van der Waals surface area contributed by atoms with Crippen molar-refractivity contribution in [3.63, 3.8) is 0 Å². The molecule has 0 saturated heterocycles. The second-order valence-electron chi connectivity index (χ2n) is 4.07. The third-order valence-corrected chi connectivity index (χ3v) is 3.70. The highest BCUT2D eigenvalue weighted by molar-refractivity contribution is 14.1. The predicted octanol–water partition coefficient (Wildman–Crippen LogP) is 4.04. The Morgan fingerprint density at radius 1 is 1.31 bits per heavy atom. The summed E-state index contributed by atoms with van der Waals surface area (Å²) >= 11 is 2.31. The lowest BCUT2D eigenvalue weighted by atomic mass is 10.1. The molecule has 1 amide bonds. The number of hydrogen-bond acceptors (Lipinski definition) is 1. The summed E-state index contributed by atoms with van der Waals surface area (Å²) in [6, 6.07) is 4.15. The van der Waals surface area contributed by atoms with E-state index in [1.807, 2.05) is 13.0 Å². The Kier molecular flexibility index (Phi) is 5.25. The molecule has 3 heteroatoms. The number of carbonyl (C=O) groups excluding carboxylic acids is 1. The number of rotatable bonds is 4. The average Bonchev–Trinajstić information content (AvgIpc) is 2.23. The summed E-state index contributed by atoms with van der Waals surface area (Å²) in [5.41, 5.74) is 3.27. The van der Waals surface area contributed by atoms with Gasteiger partial charge in [-0.25, -0.2) is 0 Å². The summed E-state index contributed by atoms with van der Waals surface area (Å²) in [6.07, 6.45) is 2.62. The van der Waals surface area contributed by atoms with E-state index >= 15 is 0 Å². The fourth-order valence-corrected chi connectivity index (χ4v) is 2.09. The lowest BCUT2D eigenvalue weighted by molar-refractivity contribution is -0.116. The molecule has 1 rings (SSSR count). The molecule has 0 bridgehead atoms. The van der Waals surface area contributed by atoms with E-state index in [-0.39, 0.29) is 5.91 Å².